The first-order valence-electron chi connectivity index (χ1n) is 7.94. The molecule has 0 saturated carbocycles. The van der Waals surface area contributed by atoms with Gasteiger partial charge in [0.25, 0.3) is 0 Å². The molecule has 4 rings (SSSR count). The van der Waals surface area contributed by atoms with Gasteiger partial charge in [0.2, 0.25) is 5.82 Å². The van der Waals surface area contributed by atoms with Crippen molar-refractivity contribution in [2.24, 2.45) is 0 Å². The minimum atomic E-state index is -3.67. The van der Waals surface area contributed by atoms with Crippen LogP contribution in [0.15, 0.2) is 45.3 Å². The highest BCUT2D eigenvalue weighted by Gasteiger charge is 2.13. The van der Waals surface area contributed by atoms with Crippen LogP contribution in [0.3, 0.4) is 0 Å². The lowest BCUT2D eigenvalue weighted by molar-refractivity contribution is 0.00819. The molecule has 29 heavy (non-hydrogen) atoms. The highest BCUT2D eigenvalue weighted by atomic mass is 79.9. The standard InChI is InChI=1S/C16H11BrFN5O2.CHF3/c17-11-5-10(1-2-13(11)24)19-7-9-3-8-4-15(16-20-22-23-21-16)25-14(8)6-12(9)18;2-1(3)4/h1-6,19,24H,7H2,(H,20,21,22,23);1H. The van der Waals surface area contributed by atoms with E-state index in [1.165, 1.54) is 6.07 Å². The number of benzene rings is 2. The number of alkyl halides is 3. The number of aromatic amines is 1. The molecule has 0 atom stereocenters. The topological polar surface area (TPSA) is 99.9 Å². The van der Waals surface area contributed by atoms with Gasteiger partial charge in [-0.15, -0.1) is 10.2 Å². The lowest BCUT2D eigenvalue weighted by atomic mass is 10.1. The molecule has 0 fully saturated rings. The number of aromatic nitrogens is 4. The molecule has 4 aromatic rings. The van der Waals surface area contributed by atoms with Crippen LogP contribution in [0.4, 0.5) is 23.2 Å². The van der Waals surface area contributed by atoms with Crippen molar-refractivity contribution in [3.63, 3.8) is 0 Å². The molecule has 7 nitrogen and oxygen atoms in total. The van der Waals surface area contributed by atoms with Gasteiger partial charge < -0.3 is 14.8 Å². The molecule has 0 bridgehead atoms. The lowest BCUT2D eigenvalue weighted by Crippen LogP contribution is -2.01. The molecule has 0 aliphatic carbocycles. The minimum absolute atomic E-state index is 0.144. The summed E-state index contributed by atoms with van der Waals surface area (Å²) >= 11 is 3.24. The Morgan fingerprint density at radius 2 is 1.93 bits per heavy atom. The molecule has 0 saturated heterocycles. The van der Waals surface area contributed by atoms with E-state index in [4.69, 9.17) is 4.42 Å². The third-order valence-corrected chi connectivity index (χ3v) is 4.32. The van der Waals surface area contributed by atoms with Gasteiger partial charge >= 0.3 is 6.68 Å². The SMILES string of the molecule is FC(F)F.Oc1ccc(NCc2cc3cc(-c4nn[nH]n4)oc3cc2F)cc1Br. The van der Waals surface area contributed by atoms with Crippen LogP contribution in [0.25, 0.3) is 22.6 Å². The summed E-state index contributed by atoms with van der Waals surface area (Å²) in [6.07, 6.45) is 0. The predicted octanol–water partition coefficient (Wildman–Crippen LogP) is 5.01. The zero-order valence-corrected chi connectivity index (χ0v) is 15.9. The quantitative estimate of drug-likeness (QED) is 0.284. The largest absolute Gasteiger partial charge is 0.507 e. The Bertz CT molecular complexity index is 1100. The molecular formula is C17H12BrF4N5O2. The second-order valence-electron chi connectivity index (χ2n) is 5.59. The van der Waals surface area contributed by atoms with E-state index in [0.717, 1.165) is 11.1 Å². The number of rotatable bonds is 4. The van der Waals surface area contributed by atoms with Gasteiger partial charge in [0.05, 0.1) is 4.47 Å². The van der Waals surface area contributed by atoms with E-state index in [1.54, 1.807) is 30.3 Å². The normalized spacial score (nSPS) is 10.8. The van der Waals surface area contributed by atoms with Gasteiger partial charge in [-0.25, -0.2) is 4.39 Å². The molecule has 3 N–H and O–H groups in total. The Labute approximate surface area is 168 Å². The number of H-pyrrole nitrogens is 1. The van der Waals surface area contributed by atoms with Crippen molar-refractivity contribution >= 4 is 32.6 Å². The molecule has 0 aliphatic rings. The fourth-order valence-electron chi connectivity index (χ4n) is 2.44. The molecule has 0 aliphatic heterocycles. The van der Waals surface area contributed by atoms with E-state index in [9.17, 15) is 22.7 Å². The zero-order chi connectivity index (χ0) is 21.0. The van der Waals surface area contributed by atoms with Crippen LogP contribution in [-0.4, -0.2) is 32.4 Å². The van der Waals surface area contributed by atoms with E-state index in [0.29, 0.717) is 27.2 Å². The summed E-state index contributed by atoms with van der Waals surface area (Å²) < 4.78 is 49.4. The predicted molar refractivity (Wildman–Crippen MR) is 99.6 cm³/mol. The van der Waals surface area contributed by atoms with Crippen LogP contribution in [0, 0.1) is 5.82 Å². The summed E-state index contributed by atoms with van der Waals surface area (Å²) in [6.45, 7) is -3.39. The smallest absolute Gasteiger partial charge is 0.379 e. The highest BCUT2D eigenvalue weighted by molar-refractivity contribution is 9.10. The number of hydrogen-bond acceptors (Lipinski definition) is 6. The second-order valence-corrected chi connectivity index (χ2v) is 6.45. The van der Waals surface area contributed by atoms with Crippen molar-refractivity contribution in [2.45, 2.75) is 13.2 Å². The number of nitrogens with one attached hydrogen (secondary N) is 2. The van der Waals surface area contributed by atoms with Crippen LogP contribution >= 0.6 is 15.9 Å². The zero-order valence-electron chi connectivity index (χ0n) is 14.3. The van der Waals surface area contributed by atoms with Crippen LogP contribution < -0.4 is 5.32 Å². The van der Waals surface area contributed by atoms with Gasteiger partial charge in [-0.1, -0.05) is 0 Å². The maximum Gasteiger partial charge on any atom is 0.379 e. The van der Waals surface area contributed by atoms with Crippen molar-refractivity contribution in [3.8, 4) is 17.3 Å². The number of hydrogen-bond donors (Lipinski definition) is 3. The molecule has 2 aromatic carbocycles. The third kappa shape index (κ3) is 5.22. The number of nitrogens with zero attached hydrogens (tertiary/aromatic N) is 3. The number of tetrazole rings is 1. The van der Waals surface area contributed by atoms with E-state index in [2.05, 4.69) is 41.9 Å². The molecule has 0 radical (unpaired) electrons. The van der Waals surface area contributed by atoms with Crippen LogP contribution in [0.1, 0.15) is 5.56 Å². The number of furan rings is 1. The summed E-state index contributed by atoms with van der Waals surface area (Å²) in [5.41, 5.74) is 1.65. The fourth-order valence-corrected chi connectivity index (χ4v) is 2.81. The van der Waals surface area contributed by atoms with E-state index in [1.807, 2.05) is 0 Å². The van der Waals surface area contributed by atoms with Crippen molar-refractivity contribution in [1.29, 1.82) is 0 Å². The van der Waals surface area contributed by atoms with Crippen LogP contribution in [0.5, 0.6) is 5.75 Å². The average molecular weight is 474 g/mol. The minimum Gasteiger partial charge on any atom is -0.507 e. The van der Waals surface area contributed by atoms with Crippen molar-refractivity contribution < 1.29 is 27.1 Å². The Kier molecular flexibility index (Phi) is 6.32. The number of aromatic hydroxyl groups is 1. The Morgan fingerprint density at radius 1 is 1.17 bits per heavy atom. The molecular weight excluding hydrogens is 462 g/mol. The number of fused-ring (bicyclic) bond motifs is 1. The Hall–Kier alpha value is -3.15. The number of phenols is 1. The number of halogens is 5. The molecule has 0 unspecified atom stereocenters. The highest BCUT2D eigenvalue weighted by Crippen LogP contribution is 2.29. The summed E-state index contributed by atoms with van der Waals surface area (Å²) in [5.74, 6) is 0.485. The summed E-state index contributed by atoms with van der Waals surface area (Å²) in [7, 11) is 0. The molecule has 152 valence electrons. The Balaban J connectivity index is 0.000000552. The van der Waals surface area contributed by atoms with E-state index < -0.39 is 6.68 Å². The summed E-state index contributed by atoms with van der Waals surface area (Å²) in [4.78, 5) is 0. The Morgan fingerprint density at radius 3 is 2.59 bits per heavy atom. The molecule has 12 heteroatoms. The molecule has 2 heterocycles. The second kappa shape index (κ2) is 8.90. The molecule has 2 aromatic heterocycles. The first kappa shape index (κ1) is 20.6. The van der Waals surface area contributed by atoms with Crippen molar-refractivity contribution in [3.05, 3.63) is 52.3 Å². The fraction of sp³-hybridized carbons (Fsp3) is 0.118. The molecule has 0 spiro atoms. The number of anilines is 1. The van der Waals surface area contributed by atoms with E-state index >= 15 is 0 Å². The first-order chi connectivity index (χ1) is 13.8. The monoisotopic (exact) mass is 473 g/mol. The maximum atomic E-state index is 14.3. The maximum absolute atomic E-state index is 14.3. The first-order valence-corrected chi connectivity index (χ1v) is 8.73. The third-order valence-electron chi connectivity index (χ3n) is 3.68. The lowest BCUT2D eigenvalue weighted by Gasteiger charge is -2.08. The van der Waals surface area contributed by atoms with Crippen molar-refractivity contribution in [2.75, 3.05) is 5.32 Å². The van der Waals surface area contributed by atoms with Crippen LogP contribution in [-0.2, 0) is 6.54 Å². The van der Waals surface area contributed by atoms with Gasteiger partial charge in [0.15, 0.2) is 5.76 Å². The van der Waals surface area contributed by atoms with Gasteiger partial charge in [-0.3, -0.25) is 0 Å². The summed E-state index contributed by atoms with van der Waals surface area (Å²) in [5, 5.41) is 26.9. The van der Waals surface area contributed by atoms with E-state index in [-0.39, 0.29) is 18.1 Å². The van der Waals surface area contributed by atoms with Gasteiger partial charge in [-0.05, 0) is 51.5 Å². The molecule has 0 amide bonds. The summed E-state index contributed by atoms with van der Waals surface area (Å²) in [6, 6.07) is 9.77. The van der Waals surface area contributed by atoms with Crippen molar-refractivity contribution in [1.82, 2.24) is 20.6 Å². The van der Waals surface area contributed by atoms with Gasteiger partial charge in [-0.2, -0.15) is 18.4 Å². The van der Waals surface area contributed by atoms with Gasteiger partial charge in [0, 0.05) is 29.2 Å². The van der Waals surface area contributed by atoms with Gasteiger partial charge in [0.1, 0.15) is 17.1 Å². The number of phenolic OH excluding ortho intramolecular Hbond substituents is 1. The average Bonchev–Trinajstić information content (AvgIpc) is 3.31. The van der Waals surface area contributed by atoms with Crippen LogP contribution in [0.2, 0.25) is 0 Å².